The molecular formula is C18H23NO2. The van der Waals surface area contributed by atoms with Gasteiger partial charge in [0.2, 0.25) is 0 Å². The van der Waals surface area contributed by atoms with E-state index in [0.717, 1.165) is 24.4 Å². The Balaban J connectivity index is 1.90. The van der Waals surface area contributed by atoms with Gasteiger partial charge in [-0.15, -0.1) is 0 Å². The van der Waals surface area contributed by atoms with Crippen molar-refractivity contribution >= 4 is 5.91 Å². The van der Waals surface area contributed by atoms with Crippen LogP contribution >= 0.6 is 0 Å². The van der Waals surface area contributed by atoms with E-state index in [9.17, 15) is 4.79 Å². The van der Waals surface area contributed by atoms with Crippen molar-refractivity contribution in [3.05, 3.63) is 35.4 Å². The van der Waals surface area contributed by atoms with Gasteiger partial charge >= 0.3 is 0 Å². The SMILES string of the molecule is O=C(NCCC1CCCC1)c1ccccc1C#CCCO. The van der Waals surface area contributed by atoms with E-state index in [-0.39, 0.29) is 12.5 Å². The van der Waals surface area contributed by atoms with Gasteiger partial charge in [0.15, 0.2) is 0 Å². The fourth-order valence-corrected chi connectivity index (χ4v) is 2.79. The Labute approximate surface area is 126 Å². The van der Waals surface area contributed by atoms with Crippen LogP contribution in [0.2, 0.25) is 0 Å². The quantitative estimate of drug-likeness (QED) is 0.817. The smallest absolute Gasteiger partial charge is 0.252 e. The second-order valence-corrected chi connectivity index (χ2v) is 5.52. The maximum absolute atomic E-state index is 12.2. The molecule has 1 amide bonds. The summed E-state index contributed by atoms with van der Waals surface area (Å²) in [6.45, 7) is 0.782. The lowest BCUT2D eigenvalue weighted by Crippen LogP contribution is -2.26. The number of amides is 1. The van der Waals surface area contributed by atoms with Gasteiger partial charge in [-0.3, -0.25) is 4.79 Å². The van der Waals surface area contributed by atoms with Crippen molar-refractivity contribution in [2.75, 3.05) is 13.2 Å². The molecular weight excluding hydrogens is 262 g/mol. The van der Waals surface area contributed by atoms with Crippen LogP contribution < -0.4 is 5.32 Å². The molecule has 112 valence electrons. The van der Waals surface area contributed by atoms with Gasteiger partial charge in [-0.25, -0.2) is 0 Å². The minimum atomic E-state index is -0.0538. The lowest BCUT2D eigenvalue weighted by molar-refractivity contribution is 0.0951. The Morgan fingerprint density at radius 3 is 2.81 bits per heavy atom. The number of rotatable bonds is 5. The van der Waals surface area contributed by atoms with Crippen molar-refractivity contribution in [3.8, 4) is 11.8 Å². The van der Waals surface area contributed by atoms with E-state index in [2.05, 4.69) is 17.2 Å². The number of aliphatic hydroxyl groups is 1. The third kappa shape index (κ3) is 4.91. The van der Waals surface area contributed by atoms with Gasteiger partial charge in [0.1, 0.15) is 0 Å². The molecule has 3 heteroatoms. The molecule has 1 saturated carbocycles. The molecule has 21 heavy (non-hydrogen) atoms. The lowest BCUT2D eigenvalue weighted by Gasteiger charge is -2.10. The summed E-state index contributed by atoms with van der Waals surface area (Å²) in [4.78, 5) is 12.2. The molecule has 2 N–H and O–H groups in total. The third-order valence-electron chi connectivity index (χ3n) is 3.94. The molecule has 0 aromatic heterocycles. The van der Waals surface area contributed by atoms with Crippen molar-refractivity contribution in [1.82, 2.24) is 5.32 Å². The summed E-state index contributed by atoms with van der Waals surface area (Å²) in [6, 6.07) is 7.37. The zero-order valence-corrected chi connectivity index (χ0v) is 12.4. The van der Waals surface area contributed by atoms with Crippen LogP contribution in [0, 0.1) is 17.8 Å². The summed E-state index contributed by atoms with van der Waals surface area (Å²) in [5.74, 6) is 6.55. The second-order valence-electron chi connectivity index (χ2n) is 5.52. The Morgan fingerprint density at radius 2 is 2.05 bits per heavy atom. The molecule has 0 atom stereocenters. The minimum absolute atomic E-state index is 0.0444. The average molecular weight is 285 g/mol. The second kappa shape index (κ2) is 8.49. The summed E-state index contributed by atoms with van der Waals surface area (Å²) in [5, 5.41) is 11.8. The van der Waals surface area contributed by atoms with Crippen LogP contribution in [0.1, 0.15) is 54.4 Å². The standard InChI is InChI=1S/C18H23NO2/c20-14-6-5-10-16-9-3-4-11-17(16)18(21)19-13-12-15-7-1-2-8-15/h3-4,9,11,15,20H,1-2,6-8,12-14H2,(H,19,21). The van der Waals surface area contributed by atoms with Gasteiger partial charge in [-0.1, -0.05) is 49.7 Å². The molecule has 0 radical (unpaired) electrons. The lowest BCUT2D eigenvalue weighted by atomic mass is 10.0. The van der Waals surface area contributed by atoms with Gasteiger partial charge in [0.25, 0.3) is 5.91 Å². The Kier molecular flexibility index (Phi) is 6.30. The molecule has 1 aliphatic carbocycles. The first-order valence-electron chi connectivity index (χ1n) is 7.78. The maximum Gasteiger partial charge on any atom is 0.252 e. The largest absolute Gasteiger partial charge is 0.395 e. The number of nitrogens with one attached hydrogen (secondary N) is 1. The third-order valence-corrected chi connectivity index (χ3v) is 3.94. The van der Waals surface area contributed by atoms with E-state index in [0.29, 0.717) is 12.0 Å². The molecule has 0 heterocycles. The Hall–Kier alpha value is -1.79. The maximum atomic E-state index is 12.2. The molecule has 1 aromatic rings. The van der Waals surface area contributed by atoms with E-state index in [1.165, 1.54) is 25.7 Å². The van der Waals surface area contributed by atoms with Crippen LogP contribution in [0.5, 0.6) is 0 Å². The van der Waals surface area contributed by atoms with Crippen molar-refractivity contribution < 1.29 is 9.90 Å². The van der Waals surface area contributed by atoms with E-state index < -0.39 is 0 Å². The highest BCUT2D eigenvalue weighted by atomic mass is 16.2. The topological polar surface area (TPSA) is 49.3 Å². The Morgan fingerprint density at radius 1 is 1.29 bits per heavy atom. The predicted octanol–water partition coefficient (Wildman–Crippen LogP) is 2.73. The number of hydrogen-bond donors (Lipinski definition) is 2. The molecule has 2 rings (SSSR count). The van der Waals surface area contributed by atoms with Gasteiger partial charge in [0.05, 0.1) is 12.2 Å². The van der Waals surface area contributed by atoms with Gasteiger partial charge in [-0.2, -0.15) is 0 Å². The summed E-state index contributed by atoms with van der Waals surface area (Å²) < 4.78 is 0. The van der Waals surface area contributed by atoms with E-state index in [1.807, 2.05) is 18.2 Å². The van der Waals surface area contributed by atoms with Gasteiger partial charge < -0.3 is 10.4 Å². The molecule has 0 saturated heterocycles. The van der Waals surface area contributed by atoms with E-state index in [1.54, 1.807) is 6.07 Å². The van der Waals surface area contributed by atoms with Gasteiger partial charge in [-0.05, 0) is 24.5 Å². The van der Waals surface area contributed by atoms with E-state index >= 15 is 0 Å². The Bertz CT molecular complexity index is 522. The molecule has 3 nitrogen and oxygen atoms in total. The normalized spacial score (nSPS) is 14.5. The molecule has 0 aliphatic heterocycles. The van der Waals surface area contributed by atoms with Gasteiger partial charge in [0, 0.05) is 18.5 Å². The number of hydrogen-bond acceptors (Lipinski definition) is 2. The van der Waals surface area contributed by atoms with Crippen LogP contribution in [0.3, 0.4) is 0 Å². The highest BCUT2D eigenvalue weighted by molar-refractivity contribution is 5.96. The zero-order chi connectivity index (χ0) is 14.9. The summed E-state index contributed by atoms with van der Waals surface area (Å²) in [5.41, 5.74) is 1.35. The van der Waals surface area contributed by atoms with Crippen LogP contribution in [-0.2, 0) is 0 Å². The van der Waals surface area contributed by atoms with Crippen LogP contribution in [0.15, 0.2) is 24.3 Å². The van der Waals surface area contributed by atoms with Crippen molar-refractivity contribution in [1.29, 1.82) is 0 Å². The summed E-state index contributed by atoms with van der Waals surface area (Å²) in [7, 11) is 0. The first-order chi connectivity index (χ1) is 10.3. The van der Waals surface area contributed by atoms with E-state index in [4.69, 9.17) is 5.11 Å². The highest BCUT2D eigenvalue weighted by Gasteiger charge is 2.15. The first-order valence-corrected chi connectivity index (χ1v) is 7.78. The minimum Gasteiger partial charge on any atom is -0.395 e. The van der Waals surface area contributed by atoms with Crippen LogP contribution in [-0.4, -0.2) is 24.2 Å². The zero-order valence-electron chi connectivity index (χ0n) is 12.4. The molecule has 1 aromatic carbocycles. The molecule has 1 aliphatic rings. The number of benzene rings is 1. The number of aliphatic hydroxyl groups excluding tert-OH is 1. The van der Waals surface area contributed by atoms with Crippen molar-refractivity contribution in [2.24, 2.45) is 5.92 Å². The van der Waals surface area contributed by atoms with Crippen molar-refractivity contribution in [3.63, 3.8) is 0 Å². The molecule has 1 fully saturated rings. The molecule has 0 unspecified atom stereocenters. The average Bonchev–Trinajstić information content (AvgIpc) is 3.01. The first kappa shape index (κ1) is 15.6. The summed E-state index contributed by atoms with van der Waals surface area (Å²) in [6.07, 6.45) is 6.78. The fourth-order valence-electron chi connectivity index (χ4n) is 2.79. The fraction of sp³-hybridized carbons (Fsp3) is 0.500. The monoisotopic (exact) mass is 285 g/mol. The van der Waals surface area contributed by atoms with Crippen LogP contribution in [0.25, 0.3) is 0 Å². The summed E-state index contributed by atoms with van der Waals surface area (Å²) >= 11 is 0. The van der Waals surface area contributed by atoms with Crippen molar-refractivity contribution in [2.45, 2.75) is 38.5 Å². The molecule has 0 spiro atoms. The predicted molar refractivity (Wildman–Crippen MR) is 83.9 cm³/mol. The highest BCUT2D eigenvalue weighted by Crippen LogP contribution is 2.26. The molecule has 0 bridgehead atoms. The van der Waals surface area contributed by atoms with Crippen LogP contribution in [0.4, 0.5) is 0 Å². The number of carbonyl (C=O) groups is 1. The number of carbonyl (C=O) groups excluding carboxylic acids is 1.